The summed E-state index contributed by atoms with van der Waals surface area (Å²) in [7, 11) is -3.52. The van der Waals surface area contributed by atoms with Crippen molar-refractivity contribution in [3.8, 4) is 5.75 Å². The lowest BCUT2D eigenvalue weighted by Gasteiger charge is -2.19. The molecule has 1 aromatic rings. The predicted octanol–water partition coefficient (Wildman–Crippen LogP) is 0.317. The number of rotatable bonds is 1. The van der Waals surface area contributed by atoms with Crippen LogP contribution in [0.4, 0.5) is 5.69 Å². The fraction of sp³-hybridized carbons (Fsp3) is 0.538. The fourth-order valence-corrected chi connectivity index (χ4v) is 3.94. The number of ether oxygens (including phenoxy) is 1. The van der Waals surface area contributed by atoms with Crippen molar-refractivity contribution in [2.45, 2.75) is 30.4 Å². The molecule has 0 unspecified atom stereocenters. The topological polar surface area (TPSA) is 78.9 Å². The molecule has 2 aliphatic heterocycles. The van der Waals surface area contributed by atoms with E-state index in [1.807, 2.05) is 4.90 Å². The van der Waals surface area contributed by atoms with Crippen LogP contribution in [0.25, 0.3) is 0 Å². The van der Waals surface area contributed by atoms with Gasteiger partial charge in [0.2, 0.25) is 10.0 Å². The number of hydrogen-bond donors (Lipinski definition) is 2. The molecule has 0 bridgehead atoms. The average molecular weight is 298 g/mol. The molecule has 2 atom stereocenters. The maximum Gasteiger partial charge on any atom is 0.244 e. The van der Waals surface area contributed by atoms with Gasteiger partial charge in [0.25, 0.3) is 0 Å². The molecule has 6 nitrogen and oxygen atoms in total. The lowest BCUT2D eigenvalue weighted by molar-refractivity contribution is 0.198. The summed E-state index contributed by atoms with van der Waals surface area (Å²) in [5, 5.41) is 9.58. The van der Waals surface area contributed by atoms with Gasteiger partial charge in [-0.2, -0.15) is 0 Å². The number of nitrogens with one attached hydrogen (secondary N) is 1. The summed E-state index contributed by atoms with van der Waals surface area (Å²) in [6.45, 7) is 3.40. The van der Waals surface area contributed by atoms with Crippen LogP contribution < -0.4 is 14.4 Å². The van der Waals surface area contributed by atoms with Crippen molar-refractivity contribution in [1.82, 2.24) is 4.72 Å². The Labute approximate surface area is 118 Å². The van der Waals surface area contributed by atoms with Crippen molar-refractivity contribution in [3.05, 3.63) is 18.2 Å². The molecule has 110 valence electrons. The summed E-state index contributed by atoms with van der Waals surface area (Å²) in [4.78, 5) is 2.20. The Kier molecular flexibility index (Phi) is 3.35. The zero-order chi connectivity index (χ0) is 14.3. The number of aliphatic hydroxyl groups is 1. The van der Waals surface area contributed by atoms with Crippen LogP contribution in [-0.2, 0) is 10.0 Å². The van der Waals surface area contributed by atoms with Crippen molar-refractivity contribution in [2.75, 3.05) is 24.6 Å². The monoisotopic (exact) mass is 298 g/mol. The number of hydrogen-bond acceptors (Lipinski definition) is 5. The van der Waals surface area contributed by atoms with Crippen molar-refractivity contribution >= 4 is 15.7 Å². The summed E-state index contributed by atoms with van der Waals surface area (Å²) in [5.41, 5.74) is 0.880. The molecule has 0 spiro atoms. The maximum absolute atomic E-state index is 12.1. The van der Waals surface area contributed by atoms with Crippen LogP contribution in [0.1, 0.15) is 13.3 Å². The molecular weight excluding hydrogens is 280 g/mol. The summed E-state index contributed by atoms with van der Waals surface area (Å²) >= 11 is 0. The first-order valence-electron chi connectivity index (χ1n) is 6.68. The third kappa shape index (κ3) is 2.48. The minimum atomic E-state index is -3.52. The Hall–Kier alpha value is -1.31. The van der Waals surface area contributed by atoms with Crippen molar-refractivity contribution in [2.24, 2.45) is 0 Å². The van der Waals surface area contributed by atoms with Gasteiger partial charge >= 0.3 is 0 Å². The molecule has 20 heavy (non-hydrogen) atoms. The largest absolute Gasteiger partial charge is 0.490 e. The van der Waals surface area contributed by atoms with Gasteiger partial charge in [0, 0.05) is 24.8 Å². The van der Waals surface area contributed by atoms with E-state index < -0.39 is 10.0 Å². The number of benzene rings is 1. The summed E-state index contributed by atoms with van der Waals surface area (Å²) in [6, 6.07) is 4.81. The lowest BCUT2D eigenvalue weighted by atomic mass is 10.2. The van der Waals surface area contributed by atoms with Gasteiger partial charge in [-0.05, 0) is 25.5 Å². The first-order valence-corrected chi connectivity index (χ1v) is 8.16. The maximum atomic E-state index is 12.1. The summed E-state index contributed by atoms with van der Waals surface area (Å²) < 4.78 is 32.4. The van der Waals surface area contributed by atoms with Gasteiger partial charge in [-0.25, -0.2) is 13.1 Å². The zero-order valence-electron chi connectivity index (χ0n) is 11.2. The fourth-order valence-electron chi connectivity index (χ4n) is 2.58. The van der Waals surface area contributed by atoms with E-state index in [1.54, 1.807) is 25.1 Å². The van der Waals surface area contributed by atoms with Crippen LogP contribution in [0.2, 0.25) is 0 Å². The zero-order valence-corrected chi connectivity index (χ0v) is 12.1. The van der Waals surface area contributed by atoms with Gasteiger partial charge in [0.1, 0.15) is 17.3 Å². The standard InChI is InChI=1S/C13H18N2O4S/c1-9-8-19-12-6-10(15-5-4-11(16)7-15)2-3-13(12)20(17,18)14-9/h2-3,6,9,11,14,16H,4-5,7-8H2,1H3/t9-,11-/m0/s1. The van der Waals surface area contributed by atoms with E-state index in [9.17, 15) is 13.5 Å². The highest BCUT2D eigenvalue weighted by molar-refractivity contribution is 7.89. The van der Waals surface area contributed by atoms with Crippen LogP contribution in [0.15, 0.2) is 23.1 Å². The van der Waals surface area contributed by atoms with Gasteiger partial charge in [0.05, 0.1) is 12.1 Å². The van der Waals surface area contributed by atoms with Crippen molar-refractivity contribution in [1.29, 1.82) is 0 Å². The van der Waals surface area contributed by atoms with Crippen LogP contribution in [0.5, 0.6) is 5.75 Å². The van der Waals surface area contributed by atoms with Gasteiger partial charge in [0.15, 0.2) is 0 Å². The molecule has 2 N–H and O–H groups in total. The molecule has 0 saturated carbocycles. The second kappa shape index (κ2) is 4.91. The highest BCUT2D eigenvalue weighted by Crippen LogP contribution is 2.32. The van der Waals surface area contributed by atoms with E-state index in [0.717, 1.165) is 18.7 Å². The number of fused-ring (bicyclic) bond motifs is 1. The van der Waals surface area contributed by atoms with Crippen LogP contribution >= 0.6 is 0 Å². The number of anilines is 1. The molecular formula is C13H18N2O4S. The number of nitrogens with zero attached hydrogens (tertiary/aromatic N) is 1. The highest BCUT2D eigenvalue weighted by atomic mass is 32.2. The Balaban J connectivity index is 1.97. The van der Waals surface area contributed by atoms with Crippen LogP contribution in [-0.4, -0.2) is 45.4 Å². The second-order valence-corrected chi connectivity index (χ2v) is 7.04. The predicted molar refractivity (Wildman–Crippen MR) is 74.6 cm³/mol. The Bertz CT molecular complexity index is 617. The van der Waals surface area contributed by atoms with Crippen LogP contribution in [0.3, 0.4) is 0 Å². The Morgan fingerprint density at radius 2 is 2.25 bits per heavy atom. The normalized spacial score (nSPS) is 28.6. The molecule has 0 amide bonds. The van der Waals surface area contributed by atoms with Crippen molar-refractivity contribution < 1.29 is 18.3 Å². The van der Waals surface area contributed by atoms with E-state index in [4.69, 9.17) is 4.74 Å². The minimum absolute atomic E-state index is 0.172. The molecule has 2 heterocycles. The molecule has 1 aromatic carbocycles. The van der Waals surface area contributed by atoms with Gasteiger partial charge in [-0.15, -0.1) is 0 Å². The quantitative estimate of drug-likeness (QED) is 0.780. The van der Waals surface area contributed by atoms with Gasteiger partial charge in [-0.1, -0.05) is 0 Å². The van der Waals surface area contributed by atoms with E-state index in [0.29, 0.717) is 18.9 Å². The van der Waals surface area contributed by atoms with E-state index in [-0.39, 0.29) is 17.0 Å². The summed E-state index contributed by atoms with van der Waals surface area (Å²) in [6.07, 6.45) is 0.412. The number of β-amino-alcohol motifs (C(OH)–C–C–N with tert-alkyl or cyclic N) is 1. The first-order chi connectivity index (χ1) is 9.45. The summed E-state index contributed by atoms with van der Waals surface area (Å²) in [5.74, 6) is 0.376. The van der Waals surface area contributed by atoms with Gasteiger partial charge in [-0.3, -0.25) is 0 Å². The third-order valence-corrected chi connectivity index (χ3v) is 5.22. The first kappa shape index (κ1) is 13.7. The van der Waals surface area contributed by atoms with Gasteiger partial charge < -0.3 is 14.7 Å². The highest BCUT2D eigenvalue weighted by Gasteiger charge is 2.28. The molecule has 7 heteroatoms. The van der Waals surface area contributed by atoms with E-state index in [1.165, 1.54) is 0 Å². The second-order valence-electron chi connectivity index (χ2n) is 5.35. The third-order valence-electron chi connectivity index (χ3n) is 3.59. The van der Waals surface area contributed by atoms with E-state index >= 15 is 0 Å². The van der Waals surface area contributed by atoms with Crippen molar-refractivity contribution in [3.63, 3.8) is 0 Å². The SMILES string of the molecule is C[C@H]1COc2cc(N3CC[C@H](O)C3)ccc2S(=O)(=O)N1. The molecule has 3 rings (SSSR count). The number of aliphatic hydroxyl groups excluding tert-OH is 1. The lowest BCUT2D eigenvalue weighted by Crippen LogP contribution is -2.33. The molecule has 0 aliphatic carbocycles. The Morgan fingerprint density at radius 1 is 1.45 bits per heavy atom. The minimum Gasteiger partial charge on any atom is -0.490 e. The molecule has 2 aliphatic rings. The average Bonchev–Trinajstić information content (AvgIpc) is 2.77. The molecule has 0 aromatic heterocycles. The van der Waals surface area contributed by atoms with Crippen LogP contribution in [0, 0.1) is 0 Å². The smallest absolute Gasteiger partial charge is 0.244 e. The Morgan fingerprint density at radius 3 is 2.95 bits per heavy atom. The molecule has 1 saturated heterocycles. The van der Waals surface area contributed by atoms with E-state index in [2.05, 4.69) is 4.72 Å². The molecule has 1 fully saturated rings. The number of sulfonamides is 1. The molecule has 0 radical (unpaired) electrons.